The van der Waals surface area contributed by atoms with Crippen molar-refractivity contribution in [3.8, 4) is 0 Å². The van der Waals surface area contributed by atoms with Gasteiger partial charge in [-0.05, 0) is 31.6 Å². The molecule has 0 aromatic carbocycles. The van der Waals surface area contributed by atoms with Crippen LogP contribution >= 0.6 is 0 Å². The smallest absolute Gasteiger partial charge is 0.330 e. The molecule has 0 aliphatic heterocycles. The van der Waals surface area contributed by atoms with E-state index >= 15 is 0 Å². The highest BCUT2D eigenvalue weighted by Gasteiger charge is 2.30. The van der Waals surface area contributed by atoms with E-state index in [1.165, 1.54) is 25.3 Å². The summed E-state index contributed by atoms with van der Waals surface area (Å²) < 4.78 is 4.88. The van der Waals surface area contributed by atoms with Crippen LogP contribution in [0.4, 0.5) is 0 Å². The molecular weight excluding hydrogens is 364 g/mol. The number of hydrogen-bond donors (Lipinski definition) is 5. The maximum absolute atomic E-state index is 11.8. The van der Waals surface area contributed by atoms with Crippen LogP contribution < -0.4 is 0 Å². The molecule has 0 aromatic heterocycles. The van der Waals surface area contributed by atoms with Crippen LogP contribution in [0.15, 0.2) is 11.6 Å². The Hall–Kier alpha value is -0.990. The van der Waals surface area contributed by atoms with Gasteiger partial charge in [0.25, 0.3) is 0 Å². The summed E-state index contributed by atoms with van der Waals surface area (Å²) in [6, 6.07) is 0. The fraction of sp³-hybridized carbons (Fsp3) is 0.857. The Bertz CT molecular complexity index is 450. The number of aliphatic hydroxyl groups is 5. The third-order valence-corrected chi connectivity index (χ3v) is 4.83. The molecule has 0 aromatic rings. The molecule has 28 heavy (non-hydrogen) atoms. The Balaban J connectivity index is 4.13. The lowest BCUT2D eigenvalue weighted by Crippen LogP contribution is -2.47. The van der Waals surface area contributed by atoms with Crippen molar-refractivity contribution in [2.45, 2.75) is 90.6 Å². The molecule has 0 amide bonds. The summed E-state index contributed by atoms with van der Waals surface area (Å²) in [5.74, 6) is 0.771. The normalized spacial score (nSPS) is 17.9. The minimum absolute atomic E-state index is 0.522. The molecule has 5 N–H and O–H groups in total. The standard InChI is InChI=1S/C21H40O7/c1-14(2)7-5-8-15(3)9-6-10-16(4)11-19(25)28-13-18(24)21(27)20(26)17(23)12-22/h11,14-15,17-18,20-24,26-27H,5-10,12-13H2,1-4H3/b16-11+/t15?,17-,18-,20-,21-/m1/s1. The number of esters is 1. The molecule has 0 saturated carbocycles. The fourth-order valence-corrected chi connectivity index (χ4v) is 2.89. The van der Waals surface area contributed by atoms with Gasteiger partial charge in [-0.1, -0.05) is 52.0 Å². The van der Waals surface area contributed by atoms with Crippen LogP contribution in [0.3, 0.4) is 0 Å². The Labute approximate surface area is 169 Å². The van der Waals surface area contributed by atoms with Crippen LogP contribution in [0.5, 0.6) is 0 Å². The van der Waals surface area contributed by atoms with Gasteiger partial charge in [-0.25, -0.2) is 4.79 Å². The van der Waals surface area contributed by atoms with Crippen LogP contribution in [-0.4, -0.2) is 69.1 Å². The van der Waals surface area contributed by atoms with Crippen molar-refractivity contribution in [2.75, 3.05) is 13.2 Å². The lowest BCUT2D eigenvalue weighted by atomic mass is 9.94. The van der Waals surface area contributed by atoms with Gasteiger partial charge >= 0.3 is 5.97 Å². The number of carbonyl (C=O) groups is 1. The number of allylic oxidation sites excluding steroid dienone is 1. The molecule has 7 heteroatoms. The molecule has 0 rings (SSSR count). The van der Waals surface area contributed by atoms with E-state index in [4.69, 9.17) is 9.84 Å². The third-order valence-electron chi connectivity index (χ3n) is 4.83. The first-order chi connectivity index (χ1) is 13.1. The van der Waals surface area contributed by atoms with Crippen molar-refractivity contribution in [2.24, 2.45) is 11.8 Å². The molecular formula is C21H40O7. The first kappa shape index (κ1) is 27.0. The highest BCUT2D eigenvalue weighted by atomic mass is 16.5. The third kappa shape index (κ3) is 12.5. The minimum atomic E-state index is -1.74. The van der Waals surface area contributed by atoms with Gasteiger partial charge in [0.2, 0.25) is 0 Å². The zero-order valence-electron chi connectivity index (χ0n) is 17.8. The van der Waals surface area contributed by atoms with E-state index < -0.39 is 43.6 Å². The van der Waals surface area contributed by atoms with Crippen LogP contribution in [-0.2, 0) is 9.53 Å². The van der Waals surface area contributed by atoms with E-state index in [0.29, 0.717) is 5.92 Å². The van der Waals surface area contributed by atoms with Crippen LogP contribution in [0.2, 0.25) is 0 Å². The van der Waals surface area contributed by atoms with E-state index in [1.807, 2.05) is 6.92 Å². The molecule has 7 nitrogen and oxygen atoms in total. The fourth-order valence-electron chi connectivity index (χ4n) is 2.89. The van der Waals surface area contributed by atoms with Gasteiger partial charge < -0.3 is 30.3 Å². The number of carbonyl (C=O) groups excluding carboxylic acids is 1. The molecule has 0 heterocycles. The van der Waals surface area contributed by atoms with Crippen molar-refractivity contribution >= 4 is 5.97 Å². The predicted octanol–water partition coefficient (Wildman–Crippen LogP) is 1.54. The summed E-state index contributed by atoms with van der Waals surface area (Å²) in [5, 5.41) is 46.9. The average molecular weight is 405 g/mol. The molecule has 0 radical (unpaired) electrons. The van der Waals surface area contributed by atoms with E-state index in [0.717, 1.165) is 30.8 Å². The second-order valence-corrected chi connectivity index (χ2v) is 8.24. The van der Waals surface area contributed by atoms with Crippen molar-refractivity contribution in [1.29, 1.82) is 0 Å². The molecule has 0 aliphatic rings. The molecule has 0 saturated heterocycles. The van der Waals surface area contributed by atoms with Crippen molar-refractivity contribution in [1.82, 2.24) is 0 Å². The van der Waals surface area contributed by atoms with Crippen LogP contribution in [0.1, 0.15) is 66.2 Å². The van der Waals surface area contributed by atoms with E-state index in [2.05, 4.69) is 20.8 Å². The van der Waals surface area contributed by atoms with Gasteiger partial charge in [-0.2, -0.15) is 0 Å². The Morgan fingerprint density at radius 3 is 2.07 bits per heavy atom. The van der Waals surface area contributed by atoms with Gasteiger partial charge in [-0.3, -0.25) is 0 Å². The largest absolute Gasteiger partial charge is 0.460 e. The SMILES string of the molecule is C/C(=C\C(=O)OC[C@@H](O)[C@@H](O)[C@H](O)[C@H](O)CO)CCCC(C)CCCC(C)C. The molecule has 0 bridgehead atoms. The zero-order valence-corrected chi connectivity index (χ0v) is 17.8. The summed E-state index contributed by atoms with van der Waals surface area (Å²) in [6.45, 7) is 7.28. The number of ether oxygens (including phenoxy) is 1. The molecule has 5 atom stereocenters. The molecule has 0 fully saturated rings. The van der Waals surface area contributed by atoms with Gasteiger partial charge in [0.1, 0.15) is 31.0 Å². The molecule has 0 spiro atoms. The summed E-state index contributed by atoms with van der Waals surface area (Å²) in [4.78, 5) is 11.8. The Kier molecular flexibility index (Phi) is 14.4. The monoisotopic (exact) mass is 404 g/mol. The maximum Gasteiger partial charge on any atom is 0.330 e. The highest BCUT2D eigenvalue weighted by molar-refractivity contribution is 5.82. The van der Waals surface area contributed by atoms with Crippen molar-refractivity contribution in [3.05, 3.63) is 11.6 Å². The lowest BCUT2D eigenvalue weighted by Gasteiger charge is -2.25. The van der Waals surface area contributed by atoms with E-state index in [1.54, 1.807) is 0 Å². The van der Waals surface area contributed by atoms with E-state index in [-0.39, 0.29) is 0 Å². The average Bonchev–Trinajstić information content (AvgIpc) is 2.63. The van der Waals surface area contributed by atoms with Crippen LogP contribution in [0, 0.1) is 11.8 Å². The van der Waals surface area contributed by atoms with Gasteiger partial charge in [0.15, 0.2) is 0 Å². The summed E-state index contributed by atoms with van der Waals surface area (Å²) in [6.07, 6.45) is 1.34. The first-order valence-corrected chi connectivity index (χ1v) is 10.3. The predicted molar refractivity (Wildman–Crippen MR) is 108 cm³/mol. The lowest BCUT2D eigenvalue weighted by molar-refractivity contribution is -0.151. The number of aliphatic hydroxyl groups excluding tert-OH is 5. The molecule has 166 valence electrons. The van der Waals surface area contributed by atoms with Crippen molar-refractivity contribution < 1.29 is 35.1 Å². The quantitative estimate of drug-likeness (QED) is 0.207. The minimum Gasteiger partial charge on any atom is -0.460 e. The number of rotatable bonds is 15. The second kappa shape index (κ2) is 14.9. The summed E-state index contributed by atoms with van der Waals surface area (Å²) >= 11 is 0. The Morgan fingerprint density at radius 1 is 0.929 bits per heavy atom. The van der Waals surface area contributed by atoms with E-state index in [9.17, 15) is 25.2 Å². The Morgan fingerprint density at radius 2 is 1.50 bits per heavy atom. The zero-order chi connectivity index (χ0) is 21.7. The highest BCUT2D eigenvalue weighted by Crippen LogP contribution is 2.19. The van der Waals surface area contributed by atoms with Gasteiger partial charge in [0.05, 0.1) is 6.61 Å². The maximum atomic E-state index is 11.8. The molecule has 1 unspecified atom stereocenters. The van der Waals surface area contributed by atoms with Crippen LogP contribution in [0.25, 0.3) is 0 Å². The van der Waals surface area contributed by atoms with Gasteiger partial charge in [-0.15, -0.1) is 0 Å². The first-order valence-electron chi connectivity index (χ1n) is 10.3. The molecule has 0 aliphatic carbocycles. The van der Waals surface area contributed by atoms with Crippen molar-refractivity contribution in [3.63, 3.8) is 0 Å². The number of hydrogen-bond acceptors (Lipinski definition) is 7. The summed E-state index contributed by atoms with van der Waals surface area (Å²) in [5.41, 5.74) is 0.880. The topological polar surface area (TPSA) is 127 Å². The van der Waals surface area contributed by atoms with Gasteiger partial charge in [0, 0.05) is 6.08 Å². The second-order valence-electron chi connectivity index (χ2n) is 8.24. The summed E-state index contributed by atoms with van der Waals surface area (Å²) in [7, 11) is 0.